The summed E-state index contributed by atoms with van der Waals surface area (Å²) in [4.78, 5) is 35.6. The molecule has 0 bridgehead atoms. The molecule has 1 heterocycles. The highest BCUT2D eigenvalue weighted by molar-refractivity contribution is 7.12. The van der Waals surface area contributed by atoms with Crippen molar-refractivity contribution in [1.29, 1.82) is 0 Å². The Balaban J connectivity index is 1.72. The van der Waals surface area contributed by atoms with Crippen molar-refractivity contribution in [2.75, 3.05) is 18.4 Å². The maximum atomic E-state index is 11.8. The highest BCUT2D eigenvalue weighted by atomic mass is 32.1. The average Bonchev–Trinajstić information content (AvgIpc) is 3.12. The number of hydrogen-bond donors (Lipinski definition) is 3. The van der Waals surface area contributed by atoms with Crippen molar-refractivity contribution >= 4 is 34.7 Å². The van der Waals surface area contributed by atoms with E-state index in [2.05, 4.69) is 21.9 Å². The standard InChI is InChI=1S/C17H15N3O3S/c1-2-12-5-3-6-13(9-12)20-16(22)11-18-15(21)10-19-17(23)14-7-4-8-24-14/h1,3-9H,10-11H2,(H,18,21)(H,19,23)(H,20,22). The van der Waals surface area contributed by atoms with Crippen LogP contribution in [0.25, 0.3) is 0 Å². The van der Waals surface area contributed by atoms with Crippen molar-refractivity contribution in [3.05, 3.63) is 52.2 Å². The maximum Gasteiger partial charge on any atom is 0.261 e. The molecule has 0 saturated heterocycles. The van der Waals surface area contributed by atoms with Crippen molar-refractivity contribution in [3.63, 3.8) is 0 Å². The Labute approximate surface area is 143 Å². The largest absolute Gasteiger partial charge is 0.345 e. The molecule has 0 atom stereocenters. The Morgan fingerprint density at radius 2 is 1.83 bits per heavy atom. The van der Waals surface area contributed by atoms with E-state index in [1.54, 1.807) is 41.8 Å². The summed E-state index contributed by atoms with van der Waals surface area (Å²) in [5.41, 5.74) is 1.20. The highest BCUT2D eigenvalue weighted by Gasteiger charge is 2.10. The first-order valence-electron chi connectivity index (χ1n) is 7.03. The lowest BCUT2D eigenvalue weighted by molar-refractivity contribution is -0.123. The van der Waals surface area contributed by atoms with Crippen LogP contribution in [-0.2, 0) is 9.59 Å². The molecule has 0 aliphatic rings. The van der Waals surface area contributed by atoms with Crippen molar-refractivity contribution in [1.82, 2.24) is 10.6 Å². The molecule has 122 valence electrons. The minimum Gasteiger partial charge on any atom is -0.345 e. The van der Waals surface area contributed by atoms with E-state index in [0.29, 0.717) is 16.1 Å². The van der Waals surface area contributed by atoms with Crippen LogP contribution >= 0.6 is 11.3 Å². The molecule has 0 aliphatic carbocycles. The van der Waals surface area contributed by atoms with Crippen LogP contribution in [0.1, 0.15) is 15.2 Å². The second-order valence-corrected chi connectivity index (χ2v) is 5.66. The molecule has 0 radical (unpaired) electrons. The molecular weight excluding hydrogens is 326 g/mol. The molecule has 1 aromatic carbocycles. The van der Waals surface area contributed by atoms with Gasteiger partial charge in [0, 0.05) is 11.3 Å². The highest BCUT2D eigenvalue weighted by Crippen LogP contribution is 2.09. The van der Waals surface area contributed by atoms with Crippen LogP contribution in [0.4, 0.5) is 5.69 Å². The van der Waals surface area contributed by atoms with Gasteiger partial charge in [-0.05, 0) is 29.6 Å². The van der Waals surface area contributed by atoms with Gasteiger partial charge in [-0.15, -0.1) is 17.8 Å². The van der Waals surface area contributed by atoms with Gasteiger partial charge in [0.15, 0.2) is 0 Å². The van der Waals surface area contributed by atoms with Gasteiger partial charge in [0.2, 0.25) is 11.8 Å². The number of terminal acetylenes is 1. The Morgan fingerprint density at radius 1 is 1.04 bits per heavy atom. The molecule has 0 spiro atoms. The van der Waals surface area contributed by atoms with E-state index in [1.807, 2.05) is 0 Å². The van der Waals surface area contributed by atoms with Gasteiger partial charge in [-0.25, -0.2) is 0 Å². The van der Waals surface area contributed by atoms with Crippen LogP contribution in [0.15, 0.2) is 41.8 Å². The van der Waals surface area contributed by atoms with Gasteiger partial charge in [0.1, 0.15) is 0 Å². The Kier molecular flexibility index (Phi) is 6.11. The van der Waals surface area contributed by atoms with Gasteiger partial charge in [-0.2, -0.15) is 0 Å². The molecule has 1 aromatic heterocycles. The van der Waals surface area contributed by atoms with E-state index in [0.717, 1.165) is 0 Å². The Hall–Kier alpha value is -3.11. The van der Waals surface area contributed by atoms with Crippen molar-refractivity contribution in [2.24, 2.45) is 0 Å². The zero-order chi connectivity index (χ0) is 17.4. The number of hydrogen-bond acceptors (Lipinski definition) is 4. The van der Waals surface area contributed by atoms with Crippen molar-refractivity contribution in [3.8, 4) is 12.3 Å². The summed E-state index contributed by atoms with van der Waals surface area (Å²) in [6.07, 6.45) is 5.29. The maximum absolute atomic E-state index is 11.8. The van der Waals surface area contributed by atoms with E-state index >= 15 is 0 Å². The number of anilines is 1. The SMILES string of the molecule is C#Cc1cccc(NC(=O)CNC(=O)CNC(=O)c2cccs2)c1. The molecular formula is C17H15N3O3S. The summed E-state index contributed by atoms with van der Waals surface area (Å²) in [7, 11) is 0. The molecule has 2 rings (SSSR count). The summed E-state index contributed by atoms with van der Waals surface area (Å²) >= 11 is 1.28. The fourth-order valence-electron chi connectivity index (χ4n) is 1.79. The molecule has 0 saturated carbocycles. The smallest absolute Gasteiger partial charge is 0.261 e. The average molecular weight is 341 g/mol. The number of nitrogens with one attached hydrogen (secondary N) is 3. The van der Waals surface area contributed by atoms with Gasteiger partial charge in [-0.1, -0.05) is 18.1 Å². The number of carbonyl (C=O) groups excluding carboxylic acids is 3. The fraction of sp³-hybridized carbons (Fsp3) is 0.118. The van der Waals surface area contributed by atoms with Gasteiger partial charge >= 0.3 is 0 Å². The third-order valence-corrected chi connectivity index (χ3v) is 3.78. The predicted octanol–water partition coefficient (Wildman–Crippen LogP) is 1.21. The first-order valence-corrected chi connectivity index (χ1v) is 7.91. The minimum atomic E-state index is -0.451. The summed E-state index contributed by atoms with van der Waals surface area (Å²) < 4.78 is 0. The molecule has 0 fully saturated rings. The molecule has 2 aromatic rings. The van der Waals surface area contributed by atoms with Crippen molar-refractivity contribution in [2.45, 2.75) is 0 Å². The molecule has 3 N–H and O–H groups in total. The molecule has 0 aliphatic heterocycles. The number of benzene rings is 1. The monoisotopic (exact) mass is 341 g/mol. The lowest BCUT2D eigenvalue weighted by atomic mass is 10.2. The second-order valence-electron chi connectivity index (χ2n) is 4.71. The summed E-state index contributed by atoms with van der Waals surface area (Å²) in [6.45, 7) is -0.398. The minimum absolute atomic E-state index is 0.198. The lowest BCUT2D eigenvalue weighted by Gasteiger charge is -2.08. The van der Waals surface area contributed by atoms with E-state index in [4.69, 9.17) is 6.42 Å². The Morgan fingerprint density at radius 3 is 2.54 bits per heavy atom. The topological polar surface area (TPSA) is 87.3 Å². The van der Waals surface area contributed by atoms with Crippen molar-refractivity contribution < 1.29 is 14.4 Å². The third kappa shape index (κ3) is 5.26. The summed E-state index contributed by atoms with van der Waals surface area (Å²) in [6, 6.07) is 10.2. The molecule has 6 nitrogen and oxygen atoms in total. The number of rotatable bonds is 6. The second kappa shape index (κ2) is 8.50. The first-order chi connectivity index (χ1) is 11.6. The predicted molar refractivity (Wildman–Crippen MR) is 92.7 cm³/mol. The molecule has 24 heavy (non-hydrogen) atoms. The van der Waals surface area contributed by atoms with Gasteiger partial charge in [-0.3, -0.25) is 14.4 Å². The van der Waals surface area contributed by atoms with Gasteiger partial charge in [0.05, 0.1) is 18.0 Å². The van der Waals surface area contributed by atoms with Crippen LogP contribution in [0, 0.1) is 12.3 Å². The van der Waals surface area contributed by atoms with Crippen LogP contribution in [0.3, 0.4) is 0 Å². The van der Waals surface area contributed by atoms with Gasteiger partial charge < -0.3 is 16.0 Å². The third-order valence-electron chi connectivity index (χ3n) is 2.91. The lowest BCUT2D eigenvalue weighted by Crippen LogP contribution is -2.40. The number of amides is 3. The number of carbonyl (C=O) groups is 3. The summed E-state index contributed by atoms with van der Waals surface area (Å²) in [5.74, 6) is 1.31. The van der Waals surface area contributed by atoms with Crippen LogP contribution in [-0.4, -0.2) is 30.8 Å². The normalized spacial score (nSPS) is 9.62. The summed E-state index contributed by atoms with van der Waals surface area (Å²) in [5, 5.41) is 9.30. The van der Waals surface area contributed by atoms with E-state index in [1.165, 1.54) is 11.3 Å². The zero-order valence-corrected chi connectivity index (χ0v) is 13.5. The Bertz CT molecular complexity index is 779. The quantitative estimate of drug-likeness (QED) is 0.690. The van der Waals surface area contributed by atoms with Crippen LogP contribution in [0.2, 0.25) is 0 Å². The van der Waals surface area contributed by atoms with E-state index in [9.17, 15) is 14.4 Å². The first kappa shape index (κ1) is 17.2. The fourth-order valence-corrected chi connectivity index (χ4v) is 2.43. The van der Waals surface area contributed by atoms with E-state index < -0.39 is 5.91 Å². The zero-order valence-electron chi connectivity index (χ0n) is 12.7. The molecule has 3 amide bonds. The number of thiophene rings is 1. The van der Waals surface area contributed by atoms with E-state index in [-0.39, 0.29) is 24.9 Å². The van der Waals surface area contributed by atoms with Crippen LogP contribution in [0.5, 0.6) is 0 Å². The van der Waals surface area contributed by atoms with Gasteiger partial charge in [0.25, 0.3) is 5.91 Å². The van der Waals surface area contributed by atoms with Crippen LogP contribution < -0.4 is 16.0 Å². The molecule has 7 heteroatoms. The molecule has 0 unspecified atom stereocenters.